The van der Waals surface area contributed by atoms with E-state index in [4.69, 9.17) is 30.9 Å². The molecule has 1 saturated heterocycles. The Balaban J connectivity index is 1.51. The molecule has 5 aromatic rings. The Bertz CT molecular complexity index is 2170. The van der Waals surface area contributed by atoms with Gasteiger partial charge in [0.25, 0.3) is 0 Å². The molecule has 3 aromatic carbocycles. The first kappa shape index (κ1) is 37.2. The molecule has 12 heteroatoms. The summed E-state index contributed by atoms with van der Waals surface area (Å²) in [6, 6.07) is 13.6. The van der Waals surface area contributed by atoms with Gasteiger partial charge in [-0.2, -0.15) is 5.10 Å². The van der Waals surface area contributed by atoms with Gasteiger partial charge in [-0.05, 0) is 97.2 Å². The summed E-state index contributed by atoms with van der Waals surface area (Å²) in [5, 5.41) is 7.21. The maximum Gasteiger partial charge on any atom is 0.410 e. The number of aryl methyl sites for hydroxylation is 2. The van der Waals surface area contributed by atoms with Gasteiger partial charge in [0.1, 0.15) is 22.8 Å². The number of rotatable bonds is 7. The number of benzene rings is 3. The van der Waals surface area contributed by atoms with E-state index in [1.807, 2.05) is 89.9 Å². The molecule has 0 aliphatic carbocycles. The average Bonchev–Trinajstić information content (AvgIpc) is 3.49. The highest BCUT2D eigenvalue weighted by atomic mass is 35.5. The van der Waals surface area contributed by atoms with Gasteiger partial charge in [0.15, 0.2) is 11.4 Å². The van der Waals surface area contributed by atoms with Crippen molar-refractivity contribution in [3.8, 4) is 22.6 Å². The number of carbonyl (C=O) groups is 2. The monoisotopic (exact) mass is 731 g/mol. The Morgan fingerprint density at radius 1 is 0.865 bits per heavy atom. The summed E-state index contributed by atoms with van der Waals surface area (Å²) in [6.07, 6.45) is -0.324. The van der Waals surface area contributed by atoms with Crippen LogP contribution in [0.15, 0.2) is 48.5 Å². The summed E-state index contributed by atoms with van der Waals surface area (Å²) < 4.78 is 36.5. The summed E-state index contributed by atoms with van der Waals surface area (Å²) in [5.74, 6) is -0.136. The molecule has 1 aliphatic rings. The number of fused-ring (bicyclic) bond motifs is 2. The molecule has 276 valence electrons. The number of carbonyl (C=O) groups excluding carboxylic acids is 2. The number of halogens is 2. The van der Waals surface area contributed by atoms with Crippen LogP contribution in [-0.4, -0.2) is 80.1 Å². The van der Waals surface area contributed by atoms with Crippen molar-refractivity contribution in [3.05, 3.63) is 76.5 Å². The minimum absolute atomic E-state index is 0.235. The highest BCUT2D eigenvalue weighted by Crippen LogP contribution is 2.46. The van der Waals surface area contributed by atoms with E-state index in [9.17, 15) is 14.0 Å². The maximum absolute atomic E-state index is 14.4. The lowest BCUT2D eigenvalue weighted by Gasteiger charge is -2.35. The molecule has 10 nitrogen and oxygen atoms in total. The molecule has 0 saturated carbocycles. The van der Waals surface area contributed by atoms with Gasteiger partial charge in [0.05, 0.1) is 16.2 Å². The summed E-state index contributed by atoms with van der Waals surface area (Å²) >= 11 is 7.10. The van der Waals surface area contributed by atoms with Gasteiger partial charge >= 0.3 is 12.1 Å². The van der Waals surface area contributed by atoms with Crippen molar-refractivity contribution in [2.75, 3.05) is 32.7 Å². The minimum Gasteiger partial charge on any atom is -0.455 e. The van der Waals surface area contributed by atoms with Gasteiger partial charge in [-0.25, -0.2) is 14.0 Å². The minimum atomic E-state index is -0.804. The van der Waals surface area contributed by atoms with Crippen LogP contribution in [0.5, 0.6) is 11.5 Å². The number of esters is 1. The lowest BCUT2D eigenvalue weighted by Crippen LogP contribution is -2.50. The van der Waals surface area contributed by atoms with E-state index in [-0.39, 0.29) is 17.6 Å². The molecule has 0 spiro atoms. The predicted molar refractivity (Wildman–Crippen MR) is 202 cm³/mol. The third kappa shape index (κ3) is 7.61. The number of ether oxygens (including phenoxy) is 3. The largest absolute Gasteiger partial charge is 0.455 e. The van der Waals surface area contributed by atoms with Crippen molar-refractivity contribution in [2.24, 2.45) is 7.05 Å². The molecule has 1 aliphatic heterocycles. The van der Waals surface area contributed by atoms with Crippen LogP contribution in [-0.2, 0) is 23.1 Å². The van der Waals surface area contributed by atoms with Crippen LogP contribution >= 0.6 is 11.6 Å². The number of piperazine rings is 1. The molecule has 0 atom stereocenters. The maximum atomic E-state index is 14.4. The van der Waals surface area contributed by atoms with Crippen LogP contribution < -0.4 is 4.74 Å². The van der Waals surface area contributed by atoms with Crippen molar-refractivity contribution in [3.63, 3.8) is 0 Å². The SMILES string of the molecule is Cc1nn(C)c(C)c1-c1c(Cl)ccc2c(Oc3cccc4cc(F)ccc34)c(C(=O)OC(C)(C)C)n(CCN3CCN(C(=O)OC(C)(C)C)CC3)c12. The molecule has 52 heavy (non-hydrogen) atoms. The topological polar surface area (TPSA) is 91.1 Å². The highest BCUT2D eigenvalue weighted by molar-refractivity contribution is 6.35. The van der Waals surface area contributed by atoms with Crippen molar-refractivity contribution in [1.29, 1.82) is 0 Å². The number of amides is 1. The molecule has 0 unspecified atom stereocenters. The van der Waals surface area contributed by atoms with Gasteiger partial charge in [-0.3, -0.25) is 9.58 Å². The van der Waals surface area contributed by atoms with Crippen LogP contribution in [0, 0.1) is 19.7 Å². The van der Waals surface area contributed by atoms with E-state index in [0.717, 1.165) is 22.5 Å². The standard InChI is InChI=1S/C40H47ClFN5O5/c1-24-32(25(2)44(9)43-24)33-30(41)16-15-29-34(33)47(22-19-45-17-20-46(21-18-45)38(49)52-40(6,7)8)35(37(48)51-39(3,4)5)36(29)50-31-12-10-11-26-23-27(42)13-14-28(26)31/h10-16,23H,17-22H2,1-9H3. The first-order valence-corrected chi connectivity index (χ1v) is 17.9. The number of hydrogen-bond donors (Lipinski definition) is 0. The van der Waals surface area contributed by atoms with E-state index >= 15 is 0 Å². The highest BCUT2D eigenvalue weighted by Gasteiger charge is 2.33. The van der Waals surface area contributed by atoms with Crippen LogP contribution in [0.3, 0.4) is 0 Å². The van der Waals surface area contributed by atoms with Crippen LogP contribution in [0.2, 0.25) is 5.02 Å². The second-order valence-corrected chi connectivity index (χ2v) is 15.8. The molecule has 3 heterocycles. The van der Waals surface area contributed by atoms with E-state index in [0.29, 0.717) is 77.5 Å². The molecule has 0 N–H and O–H groups in total. The second kappa shape index (κ2) is 14.1. The Labute approximate surface area is 309 Å². The van der Waals surface area contributed by atoms with Gasteiger partial charge in [-0.15, -0.1) is 0 Å². The number of nitrogens with zero attached hydrogens (tertiary/aromatic N) is 5. The fourth-order valence-electron chi connectivity index (χ4n) is 6.77. The Kier molecular flexibility index (Phi) is 10.1. The van der Waals surface area contributed by atoms with Crippen molar-refractivity contribution < 1.29 is 28.2 Å². The van der Waals surface area contributed by atoms with Gasteiger partial charge in [-0.1, -0.05) is 23.7 Å². The number of aromatic nitrogens is 3. The van der Waals surface area contributed by atoms with Crippen LogP contribution in [0.25, 0.3) is 32.8 Å². The molecule has 0 radical (unpaired) electrons. The first-order valence-electron chi connectivity index (χ1n) is 17.6. The zero-order valence-corrected chi connectivity index (χ0v) is 32.2. The molecule has 2 aromatic heterocycles. The third-order valence-corrected chi connectivity index (χ3v) is 9.47. The normalized spacial score (nSPS) is 14.3. The predicted octanol–water partition coefficient (Wildman–Crippen LogP) is 8.90. The van der Waals surface area contributed by atoms with E-state index in [2.05, 4.69) is 4.90 Å². The zero-order valence-electron chi connectivity index (χ0n) is 31.4. The summed E-state index contributed by atoms with van der Waals surface area (Å²) in [6.45, 7) is 18.2. The van der Waals surface area contributed by atoms with Gasteiger partial charge in [0, 0.05) is 73.9 Å². The average molecular weight is 732 g/mol. The molecule has 1 amide bonds. The fourth-order valence-corrected chi connectivity index (χ4v) is 7.01. The molecule has 6 rings (SSSR count). The molecular weight excluding hydrogens is 685 g/mol. The van der Waals surface area contributed by atoms with Crippen molar-refractivity contribution >= 4 is 45.3 Å². The van der Waals surface area contributed by atoms with E-state index in [1.165, 1.54) is 12.1 Å². The zero-order chi connectivity index (χ0) is 37.7. The van der Waals surface area contributed by atoms with Gasteiger partial charge < -0.3 is 23.7 Å². The summed E-state index contributed by atoms with van der Waals surface area (Å²) in [7, 11) is 1.89. The smallest absolute Gasteiger partial charge is 0.410 e. The molecule has 1 fully saturated rings. The van der Waals surface area contributed by atoms with E-state index < -0.39 is 17.2 Å². The quantitative estimate of drug-likeness (QED) is 0.155. The van der Waals surface area contributed by atoms with Crippen LogP contribution in [0.4, 0.5) is 9.18 Å². The van der Waals surface area contributed by atoms with E-state index in [1.54, 1.807) is 23.1 Å². The van der Waals surface area contributed by atoms with Crippen LogP contribution in [0.1, 0.15) is 63.4 Å². The molecule has 0 bridgehead atoms. The fraction of sp³-hybridized carbons (Fsp3) is 0.425. The summed E-state index contributed by atoms with van der Waals surface area (Å²) in [5.41, 5.74) is 2.87. The van der Waals surface area contributed by atoms with Crippen molar-refractivity contribution in [2.45, 2.75) is 73.1 Å². The first-order chi connectivity index (χ1) is 24.4. The lowest BCUT2D eigenvalue weighted by atomic mass is 10.0. The number of hydrogen-bond acceptors (Lipinski definition) is 7. The Morgan fingerprint density at radius 2 is 1.54 bits per heavy atom. The van der Waals surface area contributed by atoms with Gasteiger partial charge in [0.2, 0.25) is 0 Å². The summed E-state index contributed by atoms with van der Waals surface area (Å²) in [4.78, 5) is 31.2. The Hall–Kier alpha value is -4.61. The molecular formula is C40H47ClFN5O5. The third-order valence-electron chi connectivity index (χ3n) is 9.16. The van der Waals surface area contributed by atoms with Crippen molar-refractivity contribution in [1.82, 2.24) is 24.1 Å². The Morgan fingerprint density at radius 3 is 2.17 bits per heavy atom. The lowest BCUT2D eigenvalue weighted by molar-refractivity contribution is 0.00498. The second-order valence-electron chi connectivity index (χ2n) is 15.4.